The molecule has 0 spiro atoms. The molecule has 1 heterocycles. The van der Waals surface area contributed by atoms with E-state index in [0.29, 0.717) is 12.1 Å². The summed E-state index contributed by atoms with van der Waals surface area (Å²) in [5.74, 6) is 1.92. The van der Waals surface area contributed by atoms with Crippen molar-refractivity contribution in [1.29, 1.82) is 0 Å². The summed E-state index contributed by atoms with van der Waals surface area (Å²) in [4.78, 5) is 2.53. The molecule has 3 N–H and O–H groups in total. The van der Waals surface area contributed by atoms with Crippen molar-refractivity contribution in [2.75, 3.05) is 33.8 Å². The lowest BCUT2D eigenvalue weighted by atomic mass is 9.89. The summed E-state index contributed by atoms with van der Waals surface area (Å²) in [7, 11) is 3.85. The van der Waals surface area contributed by atoms with E-state index in [4.69, 9.17) is 10.5 Å². The van der Waals surface area contributed by atoms with Gasteiger partial charge in [-0.05, 0) is 103 Å². The Labute approximate surface area is 170 Å². The largest absolute Gasteiger partial charge is 0.381 e. The number of hydrogen-bond donors (Lipinski definition) is 2. The Morgan fingerprint density at radius 2 is 1.37 bits per heavy atom. The molecule has 0 radical (unpaired) electrons. The van der Waals surface area contributed by atoms with Gasteiger partial charge in [0.05, 0.1) is 6.10 Å². The maximum absolute atomic E-state index is 5.72. The number of nitrogens with two attached hydrogens (primary N) is 1. The molecular weight excluding hydrogens is 334 g/mol. The zero-order valence-electron chi connectivity index (χ0n) is 19.0. The average Bonchev–Trinajstić information content (AvgIpc) is 2.71. The first kappa shape index (κ1) is 24.9. The molecule has 0 aromatic rings. The fourth-order valence-corrected chi connectivity index (χ4v) is 4.25. The molecule has 2 aliphatic carbocycles. The fourth-order valence-electron chi connectivity index (χ4n) is 4.25. The molecule has 1 saturated heterocycles. The monoisotopic (exact) mass is 383 g/mol. The Morgan fingerprint density at radius 1 is 0.852 bits per heavy atom. The van der Waals surface area contributed by atoms with Crippen molar-refractivity contribution in [3.63, 3.8) is 0 Å². The van der Waals surface area contributed by atoms with Crippen molar-refractivity contribution in [2.45, 2.75) is 103 Å². The average molecular weight is 384 g/mol. The topological polar surface area (TPSA) is 50.5 Å². The molecule has 0 aromatic heterocycles. The van der Waals surface area contributed by atoms with Crippen LogP contribution in [0.5, 0.6) is 0 Å². The first-order valence-corrected chi connectivity index (χ1v) is 11.7. The Balaban J connectivity index is 0.000000202. The summed E-state index contributed by atoms with van der Waals surface area (Å²) >= 11 is 0. The number of nitrogens with zero attached hydrogens (tertiary/aromatic N) is 1. The predicted octanol–water partition coefficient (Wildman–Crippen LogP) is 4.43. The molecule has 3 aliphatic rings. The van der Waals surface area contributed by atoms with Gasteiger partial charge >= 0.3 is 0 Å². The lowest BCUT2D eigenvalue weighted by molar-refractivity contribution is 0.0593. The first-order chi connectivity index (χ1) is 13.0. The molecule has 3 rings (SSSR count). The third kappa shape index (κ3) is 11.4. The molecule has 0 amide bonds. The van der Waals surface area contributed by atoms with E-state index in [9.17, 15) is 0 Å². The van der Waals surface area contributed by atoms with Gasteiger partial charge < -0.3 is 20.7 Å². The lowest BCUT2D eigenvalue weighted by Crippen LogP contribution is -2.35. The molecule has 162 valence electrons. The number of hydrogen-bond acceptors (Lipinski definition) is 4. The van der Waals surface area contributed by atoms with Crippen LogP contribution in [0.15, 0.2) is 0 Å². The van der Waals surface area contributed by atoms with Crippen LogP contribution in [0.1, 0.15) is 85.0 Å². The summed E-state index contributed by atoms with van der Waals surface area (Å²) in [5, 5.41) is 3.27. The zero-order chi connectivity index (χ0) is 20.1. The first-order valence-electron chi connectivity index (χ1n) is 11.7. The second-order valence-corrected chi connectivity index (χ2v) is 9.13. The zero-order valence-corrected chi connectivity index (χ0v) is 19.0. The van der Waals surface area contributed by atoms with E-state index < -0.39 is 0 Å². The molecule has 27 heavy (non-hydrogen) atoms. The van der Waals surface area contributed by atoms with E-state index >= 15 is 0 Å². The highest BCUT2D eigenvalue weighted by Crippen LogP contribution is 2.24. The van der Waals surface area contributed by atoms with E-state index in [-0.39, 0.29) is 0 Å². The van der Waals surface area contributed by atoms with Gasteiger partial charge in [-0.2, -0.15) is 0 Å². The number of rotatable bonds is 3. The smallest absolute Gasteiger partial charge is 0.0571 e. The standard InChI is InChI=1S/C8H17N.C8H16O.C7H16N2/c1-3-9-6-4-8(2)5-7-9;1-7-3-5-8(9-2)6-4-7;1-9-7-4-2-6(8)3-5-7/h8H,3-7H2,1-2H3;7-8H,3-6H2,1-2H3;6-7,9H,2-5,8H2,1H3. The Hall–Kier alpha value is -0.160. The predicted molar refractivity (Wildman–Crippen MR) is 118 cm³/mol. The number of methoxy groups -OCH3 is 1. The molecular formula is C23H49N3O. The van der Waals surface area contributed by atoms with Crippen LogP contribution in [-0.2, 0) is 4.74 Å². The van der Waals surface area contributed by atoms with E-state index in [1.165, 1.54) is 83.8 Å². The molecule has 1 aliphatic heterocycles. The van der Waals surface area contributed by atoms with Crippen LogP contribution < -0.4 is 11.1 Å². The van der Waals surface area contributed by atoms with E-state index in [1.807, 2.05) is 14.2 Å². The van der Waals surface area contributed by atoms with Gasteiger partial charge in [-0.3, -0.25) is 0 Å². The van der Waals surface area contributed by atoms with Crippen LogP contribution in [0.2, 0.25) is 0 Å². The quantitative estimate of drug-likeness (QED) is 0.757. The minimum Gasteiger partial charge on any atom is -0.381 e. The molecule has 4 nitrogen and oxygen atoms in total. The van der Waals surface area contributed by atoms with Gasteiger partial charge in [0.1, 0.15) is 0 Å². The number of likely N-dealkylation sites (tertiary alicyclic amines) is 1. The van der Waals surface area contributed by atoms with Gasteiger partial charge in [-0.15, -0.1) is 0 Å². The molecule has 4 heteroatoms. The summed E-state index contributed by atoms with van der Waals surface area (Å²) in [6, 6.07) is 1.22. The maximum Gasteiger partial charge on any atom is 0.0571 e. The molecule has 3 fully saturated rings. The fraction of sp³-hybridized carbons (Fsp3) is 1.00. The van der Waals surface area contributed by atoms with Gasteiger partial charge in [-0.25, -0.2) is 0 Å². The minimum absolute atomic E-state index is 0.481. The van der Waals surface area contributed by atoms with Gasteiger partial charge in [0, 0.05) is 19.2 Å². The second kappa shape index (κ2) is 14.8. The highest BCUT2D eigenvalue weighted by atomic mass is 16.5. The van der Waals surface area contributed by atoms with Crippen molar-refractivity contribution in [3.05, 3.63) is 0 Å². The second-order valence-electron chi connectivity index (χ2n) is 9.13. The van der Waals surface area contributed by atoms with E-state index in [2.05, 4.69) is 31.0 Å². The van der Waals surface area contributed by atoms with Gasteiger partial charge in [0.2, 0.25) is 0 Å². The molecule has 2 saturated carbocycles. The van der Waals surface area contributed by atoms with E-state index in [0.717, 1.165) is 17.9 Å². The summed E-state index contributed by atoms with van der Waals surface area (Å²) < 4.78 is 5.24. The number of nitrogens with one attached hydrogen (secondary N) is 1. The van der Waals surface area contributed by atoms with Crippen LogP contribution in [0, 0.1) is 11.8 Å². The maximum atomic E-state index is 5.72. The number of ether oxygens (including phenoxy) is 1. The summed E-state index contributed by atoms with van der Waals surface area (Å²) in [6.45, 7) is 10.8. The third-order valence-electron chi connectivity index (χ3n) is 6.80. The Kier molecular flexibility index (Phi) is 13.6. The van der Waals surface area contributed by atoms with Gasteiger partial charge in [0.25, 0.3) is 0 Å². The number of piperidine rings is 1. The van der Waals surface area contributed by atoms with Gasteiger partial charge in [-0.1, -0.05) is 20.8 Å². The van der Waals surface area contributed by atoms with Crippen LogP contribution >= 0.6 is 0 Å². The van der Waals surface area contributed by atoms with Crippen LogP contribution in [0.3, 0.4) is 0 Å². The third-order valence-corrected chi connectivity index (χ3v) is 6.80. The highest BCUT2D eigenvalue weighted by molar-refractivity contribution is 4.77. The van der Waals surface area contributed by atoms with Crippen molar-refractivity contribution in [2.24, 2.45) is 17.6 Å². The normalized spacial score (nSPS) is 32.7. The van der Waals surface area contributed by atoms with Gasteiger partial charge in [0.15, 0.2) is 0 Å². The molecule has 0 unspecified atom stereocenters. The van der Waals surface area contributed by atoms with Crippen LogP contribution in [-0.4, -0.2) is 56.9 Å². The lowest BCUT2D eigenvalue weighted by Gasteiger charge is -2.28. The van der Waals surface area contributed by atoms with Crippen molar-refractivity contribution >= 4 is 0 Å². The van der Waals surface area contributed by atoms with Crippen molar-refractivity contribution < 1.29 is 4.74 Å². The molecule has 0 aromatic carbocycles. The SMILES string of the molecule is CCN1CCC(C)CC1.CNC1CCC(N)CC1.COC1CCC(C)CC1. The van der Waals surface area contributed by atoms with Crippen LogP contribution in [0.4, 0.5) is 0 Å². The minimum atomic E-state index is 0.481. The Bertz CT molecular complexity index is 276. The van der Waals surface area contributed by atoms with E-state index in [1.54, 1.807) is 0 Å². The van der Waals surface area contributed by atoms with Crippen LogP contribution in [0.25, 0.3) is 0 Å². The molecule has 0 bridgehead atoms. The summed E-state index contributed by atoms with van der Waals surface area (Å²) in [6.07, 6.45) is 13.6. The molecule has 0 atom stereocenters. The Morgan fingerprint density at radius 3 is 1.81 bits per heavy atom. The van der Waals surface area contributed by atoms with Crippen molar-refractivity contribution in [1.82, 2.24) is 10.2 Å². The van der Waals surface area contributed by atoms with Crippen molar-refractivity contribution in [3.8, 4) is 0 Å². The summed E-state index contributed by atoms with van der Waals surface area (Å²) in [5.41, 5.74) is 5.72. The highest BCUT2D eigenvalue weighted by Gasteiger charge is 2.17.